The van der Waals surface area contributed by atoms with Gasteiger partial charge in [-0.2, -0.15) is 9.61 Å². The molecule has 0 bridgehead atoms. The van der Waals surface area contributed by atoms with Crippen LogP contribution in [-0.4, -0.2) is 56.9 Å². The molecule has 2 fully saturated rings. The molecule has 0 saturated carbocycles. The Morgan fingerprint density at radius 3 is 2.53 bits per heavy atom. The molecule has 0 atom stereocenters. The predicted octanol–water partition coefficient (Wildman–Crippen LogP) is 4.57. The molecule has 0 spiro atoms. The number of fused-ring (bicyclic) bond motifs is 2. The van der Waals surface area contributed by atoms with Crippen LogP contribution in [0.3, 0.4) is 0 Å². The molecule has 0 unspecified atom stereocenters. The summed E-state index contributed by atoms with van der Waals surface area (Å²) in [6.45, 7) is 7.76. The Morgan fingerprint density at radius 2 is 1.74 bits per heavy atom. The topological polar surface area (TPSA) is 80.5 Å². The first-order chi connectivity index (χ1) is 16.1. The highest BCUT2D eigenvalue weighted by molar-refractivity contribution is 5.85. The van der Waals surface area contributed by atoms with Crippen molar-refractivity contribution < 1.29 is 4.74 Å². The van der Waals surface area contributed by atoms with E-state index in [0.717, 1.165) is 84.5 Å². The third-order valence-electron chi connectivity index (χ3n) is 6.65. The number of benzene rings is 1. The second kappa shape index (κ2) is 9.35. The molecule has 34 heavy (non-hydrogen) atoms. The Hall–Kier alpha value is -2.97. The fourth-order valence-electron chi connectivity index (χ4n) is 4.83. The van der Waals surface area contributed by atoms with Crippen LogP contribution in [-0.2, 0) is 4.74 Å². The highest BCUT2D eigenvalue weighted by atomic mass is 35.5. The molecule has 8 nitrogen and oxygen atoms in total. The summed E-state index contributed by atoms with van der Waals surface area (Å²) in [7, 11) is 0. The number of ether oxygens (including phenoxy) is 1. The number of hydrogen-bond donors (Lipinski definition) is 1. The minimum atomic E-state index is 0. The first-order valence-corrected chi connectivity index (χ1v) is 11.9. The molecule has 9 heteroatoms. The molecular formula is C25H30ClN7O. The number of anilines is 2. The summed E-state index contributed by atoms with van der Waals surface area (Å²) in [5.41, 5.74) is 6.26. The highest BCUT2D eigenvalue weighted by Gasteiger charge is 2.21. The van der Waals surface area contributed by atoms with Crippen LogP contribution in [0.15, 0.2) is 30.3 Å². The number of rotatable bonds is 4. The maximum atomic E-state index is 5.55. The maximum absolute atomic E-state index is 5.55. The fourth-order valence-corrected chi connectivity index (χ4v) is 4.83. The van der Waals surface area contributed by atoms with E-state index in [1.165, 1.54) is 18.4 Å². The van der Waals surface area contributed by atoms with Crippen molar-refractivity contribution in [2.45, 2.75) is 45.6 Å². The quantitative estimate of drug-likeness (QED) is 0.459. The van der Waals surface area contributed by atoms with Crippen LogP contribution in [0.2, 0.25) is 0 Å². The van der Waals surface area contributed by atoms with Gasteiger partial charge in [0, 0.05) is 44.5 Å². The van der Waals surface area contributed by atoms with Crippen molar-refractivity contribution in [2.75, 3.05) is 36.5 Å². The van der Waals surface area contributed by atoms with Crippen LogP contribution in [0.5, 0.6) is 0 Å². The van der Waals surface area contributed by atoms with Crippen LogP contribution in [0.4, 0.5) is 11.6 Å². The van der Waals surface area contributed by atoms with E-state index in [0.29, 0.717) is 6.04 Å². The molecule has 0 amide bonds. The molecule has 3 aromatic heterocycles. The van der Waals surface area contributed by atoms with E-state index in [9.17, 15) is 0 Å². The first kappa shape index (κ1) is 22.8. The van der Waals surface area contributed by atoms with Gasteiger partial charge >= 0.3 is 0 Å². The van der Waals surface area contributed by atoms with Gasteiger partial charge in [0.2, 0.25) is 0 Å². The van der Waals surface area contributed by atoms with E-state index in [4.69, 9.17) is 24.8 Å². The molecule has 0 aliphatic carbocycles. The molecule has 6 rings (SSSR count). The van der Waals surface area contributed by atoms with Gasteiger partial charge in [-0.05, 0) is 57.2 Å². The lowest BCUT2D eigenvalue weighted by Crippen LogP contribution is -2.29. The smallest absolute Gasteiger partial charge is 0.160 e. The summed E-state index contributed by atoms with van der Waals surface area (Å²) in [6, 6.07) is 10.7. The van der Waals surface area contributed by atoms with Crippen molar-refractivity contribution in [2.24, 2.45) is 0 Å². The Bertz CT molecular complexity index is 1330. The zero-order valence-corrected chi connectivity index (χ0v) is 20.4. The van der Waals surface area contributed by atoms with Crippen molar-refractivity contribution in [3.8, 4) is 11.4 Å². The summed E-state index contributed by atoms with van der Waals surface area (Å²) >= 11 is 0. The minimum absolute atomic E-state index is 0. The lowest BCUT2D eigenvalue weighted by Gasteiger charge is -2.25. The van der Waals surface area contributed by atoms with Gasteiger partial charge in [-0.15, -0.1) is 12.4 Å². The van der Waals surface area contributed by atoms with Gasteiger partial charge in [-0.3, -0.25) is 0 Å². The zero-order valence-electron chi connectivity index (χ0n) is 19.6. The van der Waals surface area contributed by atoms with Gasteiger partial charge in [-0.1, -0.05) is 6.07 Å². The largest absolute Gasteiger partial charge is 0.381 e. The SMILES string of the molecule is Cc1ccc2nc(C)c(-c3cc4nc(N5CCCC5)cc(NC5CCOCC5)n4n3)nc2c1.Cl. The summed E-state index contributed by atoms with van der Waals surface area (Å²) < 4.78 is 7.47. The van der Waals surface area contributed by atoms with Crippen LogP contribution >= 0.6 is 12.4 Å². The van der Waals surface area contributed by atoms with Gasteiger partial charge in [0.05, 0.1) is 16.7 Å². The molecule has 1 aromatic carbocycles. The minimum Gasteiger partial charge on any atom is -0.381 e. The van der Waals surface area contributed by atoms with E-state index in [1.807, 2.05) is 23.6 Å². The normalized spacial score (nSPS) is 16.8. The number of nitrogens with zero attached hydrogens (tertiary/aromatic N) is 6. The van der Waals surface area contributed by atoms with Crippen LogP contribution < -0.4 is 10.2 Å². The number of halogens is 1. The van der Waals surface area contributed by atoms with Gasteiger partial charge < -0.3 is 15.0 Å². The van der Waals surface area contributed by atoms with Crippen LogP contribution in [0.25, 0.3) is 28.1 Å². The second-order valence-electron chi connectivity index (χ2n) is 9.17. The van der Waals surface area contributed by atoms with Gasteiger partial charge in [-0.25, -0.2) is 15.0 Å². The number of aryl methyl sites for hydroxylation is 2. The first-order valence-electron chi connectivity index (χ1n) is 11.9. The van der Waals surface area contributed by atoms with Crippen molar-refractivity contribution >= 4 is 40.7 Å². The lowest BCUT2D eigenvalue weighted by molar-refractivity contribution is 0.0903. The molecule has 2 aliphatic rings. The Morgan fingerprint density at radius 1 is 0.941 bits per heavy atom. The van der Waals surface area contributed by atoms with Crippen molar-refractivity contribution in [1.82, 2.24) is 24.6 Å². The Kier molecular flexibility index (Phi) is 6.27. The van der Waals surface area contributed by atoms with Crippen LogP contribution in [0, 0.1) is 13.8 Å². The third-order valence-corrected chi connectivity index (χ3v) is 6.65. The van der Waals surface area contributed by atoms with E-state index < -0.39 is 0 Å². The molecule has 0 radical (unpaired) electrons. The maximum Gasteiger partial charge on any atom is 0.160 e. The molecule has 4 aromatic rings. The lowest BCUT2D eigenvalue weighted by atomic mass is 10.1. The molecular weight excluding hydrogens is 450 g/mol. The van der Waals surface area contributed by atoms with Crippen molar-refractivity contribution in [3.05, 3.63) is 41.6 Å². The standard InChI is InChI=1S/C25H29N7O.ClH/c1-16-5-6-19-20(13-16)28-25(17(2)26-19)21-14-23-29-22(31-9-3-4-10-31)15-24(32(23)30-21)27-18-7-11-33-12-8-18;/h5-6,13-15,18,27H,3-4,7-12H2,1-2H3;1H. The van der Waals surface area contributed by atoms with Crippen LogP contribution in [0.1, 0.15) is 36.9 Å². The van der Waals surface area contributed by atoms with Crippen molar-refractivity contribution in [3.63, 3.8) is 0 Å². The number of nitrogens with one attached hydrogen (secondary N) is 1. The number of hydrogen-bond acceptors (Lipinski definition) is 7. The molecule has 2 saturated heterocycles. The van der Waals surface area contributed by atoms with E-state index in [1.54, 1.807) is 0 Å². The van der Waals surface area contributed by atoms with Gasteiger partial charge in [0.15, 0.2) is 5.65 Å². The average molecular weight is 480 g/mol. The van der Waals surface area contributed by atoms with E-state index in [2.05, 4.69) is 35.3 Å². The third kappa shape index (κ3) is 4.28. The molecule has 2 aliphatic heterocycles. The summed E-state index contributed by atoms with van der Waals surface area (Å²) in [5.74, 6) is 1.99. The monoisotopic (exact) mass is 479 g/mol. The van der Waals surface area contributed by atoms with Gasteiger partial charge in [0.25, 0.3) is 0 Å². The van der Waals surface area contributed by atoms with Gasteiger partial charge in [0.1, 0.15) is 23.0 Å². The second-order valence-corrected chi connectivity index (χ2v) is 9.17. The average Bonchev–Trinajstić information content (AvgIpc) is 3.50. The summed E-state index contributed by atoms with van der Waals surface area (Å²) in [6.07, 6.45) is 4.41. The van der Waals surface area contributed by atoms with E-state index >= 15 is 0 Å². The molecule has 1 N–H and O–H groups in total. The molecule has 178 valence electrons. The zero-order chi connectivity index (χ0) is 22.4. The Labute approximate surface area is 205 Å². The summed E-state index contributed by atoms with van der Waals surface area (Å²) in [5, 5.41) is 8.67. The summed E-state index contributed by atoms with van der Waals surface area (Å²) in [4.78, 5) is 17.1. The molecule has 5 heterocycles. The Balaban J connectivity index is 0.00000241. The predicted molar refractivity (Wildman–Crippen MR) is 137 cm³/mol. The fraction of sp³-hybridized carbons (Fsp3) is 0.440. The van der Waals surface area contributed by atoms with E-state index in [-0.39, 0.29) is 12.4 Å². The highest BCUT2D eigenvalue weighted by Crippen LogP contribution is 2.28. The van der Waals surface area contributed by atoms with Crippen molar-refractivity contribution in [1.29, 1.82) is 0 Å². The number of aromatic nitrogens is 5.